The van der Waals surface area contributed by atoms with Gasteiger partial charge in [-0.3, -0.25) is 19.7 Å². The molecule has 2 aromatic carbocycles. The fourth-order valence-electron chi connectivity index (χ4n) is 2.95. The molecule has 0 aromatic heterocycles. The van der Waals surface area contributed by atoms with Crippen molar-refractivity contribution >= 4 is 46.7 Å². The Hall–Kier alpha value is -2.52. The van der Waals surface area contributed by atoms with Gasteiger partial charge in [-0.1, -0.05) is 12.1 Å². The van der Waals surface area contributed by atoms with Gasteiger partial charge >= 0.3 is 0 Å². The number of nitro groups is 1. The number of benzene rings is 2. The zero-order chi connectivity index (χ0) is 21.5. The van der Waals surface area contributed by atoms with Gasteiger partial charge in [0.1, 0.15) is 0 Å². The summed E-state index contributed by atoms with van der Waals surface area (Å²) >= 11 is 3.20. The third kappa shape index (κ3) is 6.24. The van der Waals surface area contributed by atoms with Gasteiger partial charge in [0.05, 0.1) is 16.6 Å². The number of non-ortho nitro benzene ring substituents is 1. The molecule has 7 nitrogen and oxygen atoms in total. The molecule has 1 aliphatic rings. The molecule has 1 aliphatic heterocycles. The van der Waals surface area contributed by atoms with Crippen molar-refractivity contribution in [2.45, 2.75) is 23.5 Å². The molecule has 1 atom stereocenters. The molecule has 3 rings (SSSR count). The first-order chi connectivity index (χ1) is 14.4. The third-order valence-corrected chi connectivity index (χ3v) is 6.72. The molecule has 0 spiro atoms. The second-order valence-corrected chi connectivity index (χ2v) is 9.51. The number of amides is 2. The molecule has 1 fully saturated rings. The van der Waals surface area contributed by atoms with E-state index < -0.39 is 4.92 Å². The predicted octanol–water partition coefficient (Wildman–Crippen LogP) is 3.83. The minimum atomic E-state index is -0.451. The van der Waals surface area contributed by atoms with Crippen LogP contribution >= 0.6 is 23.5 Å². The van der Waals surface area contributed by atoms with E-state index in [0.717, 1.165) is 35.1 Å². The van der Waals surface area contributed by atoms with E-state index in [1.807, 2.05) is 28.8 Å². The van der Waals surface area contributed by atoms with E-state index in [-0.39, 0.29) is 22.8 Å². The maximum atomic E-state index is 12.5. The Morgan fingerprint density at radius 3 is 2.37 bits per heavy atom. The lowest BCUT2D eigenvalue weighted by Crippen LogP contribution is -2.38. The minimum absolute atomic E-state index is 0.0224. The van der Waals surface area contributed by atoms with Crippen LogP contribution in [0.5, 0.6) is 0 Å². The molecular formula is C21H23N3O4S2. The molecule has 0 saturated carbocycles. The van der Waals surface area contributed by atoms with E-state index in [4.69, 9.17) is 0 Å². The average Bonchev–Trinajstić information content (AvgIpc) is 2.76. The van der Waals surface area contributed by atoms with Gasteiger partial charge in [-0.25, -0.2) is 0 Å². The first kappa shape index (κ1) is 22.2. The third-order valence-electron chi connectivity index (χ3n) is 4.67. The smallest absolute Gasteiger partial charge is 0.269 e. The number of rotatable bonds is 7. The number of carbonyl (C=O) groups excluding carboxylic acids is 2. The zero-order valence-corrected chi connectivity index (χ0v) is 18.2. The lowest BCUT2D eigenvalue weighted by molar-refractivity contribution is -0.384. The van der Waals surface area contributed by atoms with Crippen LogP contribution in [0, 0.1) is 10.1 Å². The van der Waals surface area contributed by atoms with Gasteiger partial charge in [-0.05, 0) is 36.8 Å². The van der Waals surface area contributed by atoms with Crippen LogP contribution in [0.2, 0.25) is 0 Å². The highest BCUT2D eigenvalue weighted by Gasteiger charge is 2.18. The average molecular weight is 446 g/mol. The standard InChI is InChI=1S/C21H23N3O4S2/c1-15(30-19-8-6-18(7-9-19)24(27)28)21(26)22-17-4-2-16(3-5-17)14-20(25)23-10-12-29-13-11-23/h2-9,15H,10-14H2,1H3,(H,22,26). The maximum absolute atomic E-state index is 12.5. The normalized spacial score (nSPS) is 14.8. The molecule has 1 heterocycles. The van der Waals surface area contributed by atoms with Crippen molar-refractivity contribution in [3.8, 4) is 0 Å². The van der Waals surface area contributed by atoms with Gasteiger partial charge < -0.3 is 10.2 Å². The molecule has 2 aromatic rings. The Morgan fingerprint density at radius 1 is 1.13 bits per heavy atom. The number of hydrogen-bond acceptors (Lipinski definition) is 6. The van der Waals surface area contributed by atoms with Crippen molar-refractivity contribution in [2.24, 2.45) is 0 Å². The molecular weight excluding hydrogens is 422 g/mol. The summed E-state index contributed by atoms with van der Waals surface area (Å²) in [5.41, 5.74) is 1.61. The lowest BCUT2D eigenvalue weighted by atomic mass is 10.1. The number of nitrogens with one attached hydrogen (secondary N) is 1. The topological polar surface area (TPSA) is 92.5 Å². The molecule has 0 aliphatic carbocycles. The molecule has 1 saturated heterocycles. The Balaban J connectivity index is 1.50. The van der Waals surface area contributed by atoms with Gasteiger partial charge in [-0.15, -0.1) is 11.8 Å². The zero-order valence-electron chi connectivity index (χ0n) is 16.6. The van der Waals surface area contributed by atoms with Crippen molar-refractivity contribution in [1.82, 2.24) is 4.90 Å². The van der Waals surface area contributed by atoms with E-state index in [1.165, 1.54) is 23.9 Å². The Morgan fingerprint density at radius 2 is 1.77 bits per heavy atom. The predicted molar refractivity (Wildman–Crippen MR) is 121 cm³/mol. The number of thioether (sulfide) groups is 2. The van der Waals surface area contributed by atoms with Crippen LogP contribution in [0.1, 0.15) is 12.5 Å². The second kappa shape index (κ2) is 10.5. The summed E-state index contributed by atoms with van der Waals surface area (Å²) in [4.78, 5) is 37.8. The highest BCUT2D eigenvalue weighted by atomic mass is 32.2. The van der Waals surface area contributed by atoms with E-state index in [9.17, 15) is 19.7 Å². The van der Waals surface area contributed by atoms with Crippen molar-refractivity contribution in [1.29, 1.82) is 0 Å². The van der Waals surface area contributed by atoms with E-state index in [2.05, 4.69) is 5.32 Å². The number of hydrogen-bond donors (Lipinski definition) is 1. The molecule has 9 heteroatoms. The van der Waals surface area contributed by atoms with Gasteiger partial charge in [-0.2, -0.15) is 11.8 Å². The first-order valence-corrected chi connectivity index (χ1v) is 11.6. The SMILES string of the molecule is CC(Sc1ccc([N+](=O)[O-])cc1)C(=O)Nc1ccc(CC(=O)N2CCSCC2)cc1. The van der Waals surface area contributed by atoms with E-state index in [0.29, 0.717) is 12.1 Å². The number of nitro benzene ring substituents is 1. The van der Waals surface area contributed by atoms with Gasteiger partial charge in [0.2, 0.25) is 11.8 Å². The van der Waals surface area contributed by atoms with Crippen LogP contribution in [0.15, 0.2) is 53.4 Å². The monoisotopic (exact) mass is 445 g/mol. The summed E-state index contributed by atoms with van der Waals surface area (Å²) in [7, 11) is 0. The minimum Gasteiger partial charge on any atom is -0.341 e. The Bertz CT molecular complexity index is 897. The van der Waals surface area contributed by atoms with Crippen LogP contribution in [-0.2, 0) is 16.0 Å². The van der Waals surface area contributed by atoms with Gasteiger partial charge in [0, 0.05) is 47.3 Å². The molecule has 158 valence electrons. The maximum Gasteiger partial charge on any atom is 0.269 e. The highest BCUT2D eigenvalue weighted by molar-refractivity contribution is 8.00. The van der Waals surface area contributed by atoms with Crippen LogP contribution in [0.4, 0.5) is 11.4 Å². The summed E-state index contributed by atoms with van der Waals surface area (Å²) in [5.74, 6) is 1.97. The second-order valence-electron chi connectivity index (χ2n) is 6.87. The van der Waals surface area contributed by atoms with Crippen molar-refractivity contribution in [2.75, 3.05) is 29.9 Å². The van der Waals surface area contributed by atoms with Crippen molar-refractivity contribution in [3.05, 3.63) is 64.2 Å². The quantitative estimate of drug-likeness (QED) is 0.396. The van der Waals surface area contributed by atoms with E-state index >= 15 is 0 Å². The number of carbonyl (C=O) groups is 2. The number of anilines is 1. The lowest BCUT2D eigenvalue weighted by Gasteiger charge is -2.26. The summed E-state index contributed by atoms with van der Waals surface area (Å²) < 4.78 is 0. The largest absolute Gasteiger partial charge is 0.341 e. The van der Waals surface area contributed by atoms with E-state index in [1.54, 1.807) is 31.2 Å². The molecule has 0 bridgehead atoms. The summed E-state index contributed by atoms with van der Waals surface area (Å²) in [6, 6.07) is 13.5. The van der Waals surface area contributed by atoms with Crippen LogP contribution in [-0.4, -0.2) is 51.5 Å². The fourth-order valence-corrected chi connectivity index (χ4v) is 4.72. The Labute approximate surface area is 183 Å². The summed E-state index contributed by atoms with van der Waals surface area (Å²) in [5, 5.41) is 13.2. The Kier molecular flexibility index (Phi) is 7.75. The highest BCUT2D eigenvalue weighted by Crippen LogP contribution is 2.26. The molecule has 30 heavy (non-hydrogen) atoms. The number of nitrogens with zero attached hydrogens (tertiary/aromatic N) is 2. The fraction of sp³-hybridized carbons (Fsp3) is 0.333. The molecule has 1 N–H and O–H groups in total. The summed E-state index contributed by atoms with van der Waals surface area (Å²) in [6.45, 7) is 3.40. The van der Waals surface area contributed by atoms with Gasteiger partial charge in [0.15, 0.2) is 0 Å². The van der Waals surface area contributed by atoms with Crippen LogP contribution in [0.25, 0.3) is 0 Å². The molecule has 0 radical (unpaired) electrons. The van der Waals surface area contributed by atoms with Crippen LogP contribution in [0.3, 0.4) is 0 Å². The molecule has 1 unspecified atom stereocenters. The molecule has 2 amide bonds. The van der Waals surface area contributed by atoms with Crippen molar-refractivity contribution in [3.63, 3.8) is 0 Å². The summed E-state index contributed by atoms with van der Waals surface area (Å²) in [6.07, 6.45) is 0.366. The van der Waals surface area contributed by atoms with Gasteiger partial charge in [0.25, 0.3) is 5.69 Å². The first-order valence-electron chi connectivity index (χ1n) is 9.59. The van der Waals surface area contributed by atoms with Crippen LogP contribution < -0.4 is 5.32 Å². The van der Waals surface area contributed by atoms with Crippen molar-refractivity contribution < 1.29 is 14.5 Å².